The molecule has 3 heteroatoms. The second-order valence-electron chi connectivity index (χ2n) is 4.53. The van der Waals surface area contributed by atoms with Gasteiger partial charge in [-0.2, -0.15) is 0 Å². The van der Waals surface area contributed by atoms with Crippen molar-refractivity contribution < 1.29 is 15.0 Å². The molecule has 0 saturated carbocycles. The van der Waals surface area contributed by atoms with E-state index in [0.29, 0.717) is 16.5 Å². The van der Waals surface area contributed by atoms with Gasteiger partial charge in [-0.1, -0.05) is 54.6 Å². The summed E-state index contributed by atoms with van der Waals surface area (Å²) in [6.45, 7) is 0. The summed E-state index contributed by atoms with van der Waals surface area (Å²) in [5.74, 6) is -0.926. The second-order valence-corrected chi connectivity index (χ2v) is 4.53. The minimum absolute atomic E-state index is 0.0743. The molecule has 0 saturated heterocycles. The molecule has 20 heavy (non-hydrogen) atoms. The minimum Gasteiger partial charge on any atom is -0.507 e. The van der Waals surface area contributed by atoms with Crippen molar-refractivity contribution in [3.8, 4) is 16.9 Å². The topological polar surface area (TPSA) is 57.5 Å². The van der Waals surface area contributed by atoms with Gasteiger partial charge in [0.05, 0.1) is 5.56 Å². The van der Waals surface area contributed by atoms with Crippen LogP contribution >= 0.6 is 0 Å². The molecule has 98 valence electrons. The third-order valence-corrected chi connectivity index (χ3v) is 3.34. The Morgan fingerprint density at radius 1 is 0.800 bits per heavy atom. The number of aromatic hydroxyl groups is 1. The highest BCUT2D eigenvalue weighted by molar-refractivity contribution is 6.09. The highest BCUT2D eigenvalue weighted by Gasteiger charge is 2.17. The Kier molecular flexibility index (Phi) is 2.88. The van der Waals surface area contributed by atoms with Gasteiger partial charge >= 0.3 is 5.97 Å². The van der Waals surface area contributed by atoms with Crippen LogP contribution in [0, 0.1) is 0 Å². The number of carbonyl (C=O) groups is 1. The Morgan fingerprint density at radius 3 is 2.25 bits per heavy atom. The number of carboxylic acids is 1. The van der Waals surface area contributed by atoms with Crippen molar-refractivity contribution >= 4 is 16.7 Å². The number of hydrogen-bond acceptors (Lipinski definition) is 2. The van der Waals surface area contributed by atoms with Gasteiger partial charge in [-0.15, -0.1) is 0 Å². The van der Waals surface area contributed by atoms with Crippen molar-refractivity contribution in [1.82, 2.24) is 0 Å². The molecule has 0 amide bonds. The Morgan fingerprint density at radius 2 is 1.50 bits per heavy atom. The van der Waals surface area contributed by atoms with Gasteiger partial charge in [0.2, 0.25) is 0 Å². The summed E-state index contributed by atoms with van der Waals surface area (Å²) >= 11 is 0. The summed E-state index contributed by atoms with van der Waals surface area (Å²) in [7, 11) is 0. The van der Waals surface area contributed by atoms with Crippen LogP contribution in [0.15, 0.2) is 60.7 Å². The third kappa shape index (κ3) is 1.89. The number of carboxylic acid groups (broad SMARTS) is 1. The average molecular weight is 264 g/mol. The molecule has 3 nitrogen and oxygen atoms in total. The number of phenols is 1. The fourth-order valence-corrected chi connectivity index (χ4v) is 2.43. The van der Waals surface area contributed by atoms with Gasteiger partial charge in [-0.05, 0) is 16.8 Å². The zero-order chi connectivity index (χ0) is 14.1. The van der Waals surface area contributed by atoms with Gasteiger partial charge in [0, 0.05) is 11.1 Å². The zero-order valence-corrected chi connectivity index (χ0v) is 10.6. The summed E-state index contributed by atoms with van der Waals surface area (Å²) in [4.78, 5) is 11.6. The maximum atomic E-state index is 11.6. The molecule has 0 spiro atoms. The standard InChI is InChI=1S/C17H12O3/c18-15-8-4-3-7-13(15)14-10-9-11-5-1-2-6-12(11)16(14)17(19)20/h1-10,18H,(H,19,20). The van der Waals surface area contributed by atoms with Crippen molar-refractivity contribution in [3.63, 3.8) is 0 Å². The Balaban J connectivity index is 2.40. The molecular weight excluding hydrogens is 252 g/mol. The number of fused-ring (bicyclic) bond motifs is 1. The fourth-order valence-electron chi connectivity index (χ4n) is 2.43. The summed E-state index contributed by atoms with van der Waals surface area (Å²) in [5, 5.41) is 21.0. The molecule has 3 rings (SSSR count). The predicted molar refractivity (Wildman–Crippen MR) is 78.0 cm³/mol. The first-order valence-electron chi connectivity index (χ1n) is 6.22. The lowest BCUT2D eigenvalue weighted by Crippen LogP contribution is -2.01. The van der Waals surface area contributed by atoms with E-state index in [4.69, 9.17) is 0 Å². The van der Waals surface area contributed by atoms with Gasteiger partial charge < -0.3 is 10.2 Å². The zero-order valence-electron chi connectivity index (χ0n) is 10.6. The molecule has 0 heterocycles. The van der Waals surface area contributed by atoms with Crippen LogP contribution in [0.25, 0.3) is 21.9 Å². The van der Waals surface area contributed by atoms with Gasteiger partial charge in [0.25, 0.3) is 0 Å². The van der Waals surface area contributed by atoms with Crippen LogP contribution in [-0.4, -0.2) is 16.2 Å². The molecule has 3 aromatic carbocycles. The summed E-state index contributed by atoms with van der Waals surface area (Å²) < 4.78 is 0. The van der Waals surface area contributed by atoms with Crippen LogP contribution in [0.5, 0.6) is 5.75 Å². The molecule has 0 bridgehead atoms. The minimum atomic E-state index is -1.000. The van der Waals surface area contributed by atoms with Crippen LogP contribution in [0.1, 0.15) is 10.4 Å². The van der Waals surface area contributed by atoms with Crippen molar-refractivity contribution in [2.75, 3.05) is 0 Å². The lowest BCUT2D eigenvalue weighted by molar-refractivity contribution is 0.0700. The van der Waals surface area contributed by atoms with Gasteiger partial charge in [-0.25, -0.2) is 4.79 Å². The van der Waals surface area contributed by atoms with Gasteiger partial charge in [-0.3, -0.25) is 0 Å². The SMILES string of the molecule is O=C(O)c1c(-c2ccccc2O)ccc2ccccc12. The lowest BCUT2D eigenvalue weighted by Gasteiger charge is -2.11. The van der Waals surface area contributed by atoms with E-state index in [1.165, 1.54) is 0 Å². The monoisotopic (exact) mass is 264 g/mol. The molecular formula is C17H12O3. The lowest BCUT2D eigenvalue weighted by atomic mass is 9.94. The predicted octanol–water partition coefficient (Wildman–Crippen LogP) is 3.91. The quantitative estimate of drug-likeness (QED) is 0.737. The molecule has 0 fully saturated rings. The first kappa shape index (κ1) is 12.2. The van der Waals surface area contributed by atoms with Crippen LogP contribution in [-0.2, 0) is 0 Å². The van der Waals surface area contributed by atoms with Crippen molar-refractivity contribution in [2.24, 2.45) is 0 Å². The second kappa shape index (κ2) is 4.70. The van der Waals surface area contributed by atoms with E-state index in [-0.39, 0.29) is 11.3 Å². The van der Waals surface area contributed by atoms with Gasteiger partial charge in [0.15, 0.2) is 0 Å². The number of rotatable bonds is 2. The van der Waals surface area contributed by atoms with E-state index >= 15 is 0 Å². The molecule has 0 aromatic heterocycles. The van der Waals surface area contributed by atoms with E-state index in [9.17, 15) is 15.0 Å². The Labute approximate surface area is 115 Å². The smallest absolute Gasteiger partial charge is 0.336 e. The van der Waals surface area contributed by atoms with E-state index in [1.807, 2.05) is 24.3 Å². The number of phenolic OH excluding ortho intramolecular Hbond substituents is 1. The van der Waals surface area contributed by atoms with Crippen LogP contribution in [0.4, 0.5) is 0 Å². The first-order chi connectivity index (χ1) is 9.68. The molecule has 2 N–H and O–H groups in total. The number of para-hydroxylation sites is 1. The van der Waals surface area contributed by atoms with E-state index < -0.39 is 5.97 Å². The van der Waals surface area contributed by atoms with Crippen LogP contribution < -0.4 is 0 Å². The molecule has 0 radical (unpaired) electrons. The molecule has 0 atom stereocenters. The normalized spacial score (nSPS) is 10.6. The van der Waals surface area contributed by atoms with E-state index in [0.717, 1.165) is 5.39 Å². The maximum Gasteiger partial charge on any atom is 0.336 e. The average Bonchev–Trinajstić information content (AvgIpc) is 2.46. The number of benzene rings is 3. The fraction of sp³-hybridized carbons (Fsp3) is 0. The first-order valence-corrected chi connectivity index (χ1v) is 6.22. The number of aromatic carboxylic acids is 1. The van der Waals surface area contributed by atoms with Gasteiger partial charge in [0.1, 0.15) is 5.75 Å². The highest BCUT2D eigenvalue weighted by atomic mass is 16.4. The largest absolute Gasteiger partial charge is 0.507 e. The molecule has 0 aliphatic rings. The summed E-state index contributed by atoms with van der Waals surface area (Å²) in [5.41, 5.74) is 1.26. The Bertz CT molecular complexity index is 806. The van der Waals surface area contributed by atoms with Crippen LogP contribution in [0.2, 0.25) is 0 Å². The number of hydrogen-bond donors (Lipinski definition) is 2. The van der Waals surface area contributed by atoms with E-state index in [1.54, 1.807) is 36.4 Å². The molecule has 3 aromatic rings. The molecule has 0 unspecified atom stereocenters. The Hall–Kier alpha value is -2.81. The molecule has 0 aliphatic heterocycles. The highest BCUT2D eigenvalue weighted by Crippen LogP contribution is 2.35. The molecule has 0 aliphatic carbocycles. The van der Waals surface area contributed by atoms with Crippen molar-refractivity contribution in [3.05, 3.63) is 66.2 Å². The third-order valence-electron chi connectivity index (χ3n) is 3.34. The van der Waals surface area contributed by atoms with Crippen molar-refractivity contribution in [1.29, 1.82) is 0 Å². The summed E-state index contributed by atoms with van der Waals surface area (Å²) in [6.07, 6.45) is 0. The van der Waals surface area contributed by atoms with Crippen molar-refractivity contribution in [2.45, 2.75) is 0 Å². The van der Waals surface area contributed by atoms with E-state index in [2.05, 4.69) is 0 Å². The van der Waals surface area contributed by atoms with Crippen LogP contribution in [0.3, 0.4) is 0 Å². The maximum absolute atomic E-state index is 11.6. The summed E-state index contributed by atoms with van der Waals surface area (Å²) in [6, 6.07) is 17.7.